The van der Waals surface area contributed by atoms with Crippen LogP contribution in [0.5, 0.6) is 0 Å². The molecule has 0 aliphatic rings. The van der Waals surface area contributed by atoms with Crippen LogP contribution in [-0.2, 0) is 13.1 Å². The molecule has 0 aliphatic carbocycles. The Labute approximate surface area is 110 Å². The average molecular weight is 294 g/mol. The van der Waals surface area contributed by atoms with Crippen molar-refractivity contribution < 1.29 is 0 Å². The molecule has 0 fully saturated rings. The minimum Gasteiger partial charge on any atom is -0.379 e. The summed E-state index contributed by atoms with van der Waals surface area (Å²) < 4.78 is 3.27. The topological polar surface area (TPSA) is 29.9 Å². The molecular weight excluding hydrogens is 278 g/mol. The Balaban J connectivity index is 1.99. The van der Waals surface area contributed by atoms with E-state index in [9.17, 15) is 0 Å². The van der Waals surface area contributed by atoms with Gasteiger partial charge < -0.3 is 9.88 Å². The Morgan fingerprint density at radius 2 is 2.29 bits per heavy atom. The number of hydrogen-bond acceptors (Lipinski definition) is 2. The van der Waals surface area contributed by atoms with E-state index in [0.717, 1.165) is 29.7 Å². The van der Waals surface area contributed by atoms with Gasteiger partial charge in [-0.15, -0.1) is 0 Å². The molecule has 0 aliphatic heterocycles. The number of imidazole rings is 1. The first-order valence-corrected chi connectivity index (χ1v) is 6.57. The van der Waals surface area contributed by atoms with Gasteiger partial charge in [0.2, 0.25) is 0 Å². The summed E-state index contributed by atoms with van der Waals surface area (Å²) >= 11 is 3.46. The van der Waals surface area contributed by atoms with Crippen LogP contribution in [0, 0.1) is 0 Å². The van der Waals surface area contributed by atoms with Crippen LogP contribution in [0.1, 0.15) is 19.0 Å². The van der Waals surface area contributed by atoms with E-state index in [1.54, 1.807) is 0 Å². The first kappa shape index (κ1) is 12.2. The molecule has 0 saturated carbocycles. The van der Waals surface area contributed by atoms with Crippen molar-refractivity contribution in [3.63, 3.8) is 0 Å². The smallest absolute Gasteiger partial charge is 0.0948 e. The Bertz CT molecular complexity index is 479. The van der Waals surface area contributed by atoms with Gasteiger partial charge in [-0.25, -0.2) is 4.98 Å². The zero-order valence-electron chi connectivity index (χ0n) is 9.86. The molecule has 0 radical (unpaired) electrons. The fourth-order valence-electron chi connectivity index (χ4n) is 1.73. The summed E-state index contributed by atoms with van der Waals surface area (Å²) in [6, 6.07) is 8.17. The van der Waals surface area contributed by atoms with Crippen LogP contribution >= 0.6 is 15.9 Å². The summed E-state index contributed by atoms with van der Waals surface area (Å²) in [5.41, 5.74) is 2.33. The van der Waals surface area contributed by atoms with Crippen LogP contribution in [0.4, 0.5) is 5.69 Å². The molecule has 0 saturated heterocycles. The lowest BCUT2D eigenvalue weighted by molar-refractivity contribution is 0.651. The highest BCUT2D eigenvalue weighted by molar-refractivity contribution is 9.10. The zero-order chi connectivity index (χ0) is 12.1. The molecule has 0 unspecified atom stereocenters. The third-order valence-electron chi connectivity index (χ3n) is 2.56. The Morgan fingerprint density at radius 1 is 1.41 bits per heavy atom. The van der Waals surface area contributed by atoms with Crippen LogP contribution in [0.25, 0.3) is 0 Å². The molecule has 1 N–H and O–H groups in total. The third kappa shape index (κ3) is 3.33. The Morgan fingerprint density at radius 3 is 3.06 bits per heavy atom. The van der Waals surface area contributed by atoms with Crippen molar-refractivity contribution >= 4 is 21.6 Å². The van der Waals surface area contributed by atoms with E-state index in [-0.39, 0.29) is 0 Å². The number of nitrogens with zero attached hydrogens (tertiary/aromatic N) is 2. The molecule has 17 heavy (non-hydrogen) atoms. The predicted molar refractivity (Wildman–Crippen MR) is 74.0 cm³/mol. The molecule has 2 rings (SSSR count). The summed E-state index contributed by atoms with van der Waals surface area (Å²) in [5, 5.41) is 3.40. The molecule has 0 amide bonds. The molecule has 0 bridgehead atoms. The average Bonchev–Trinajstić information content (AvgIpc) is 2.75. The maximum Gasteiger partial charge on any atom is 0.0948 e. The first-order valence-electron chi connectivity index (χ1n) is 5.78. The van der Waals surface area contributed by atoms with Gasteiger partial charge in [-0.2, -0.15) is 0 Å². The first-order chi connectivity index (χ1) is 8.29. The quantitative estimate of drug-likeness (QED) is 0.912. The van der Waals surface area contributed by atoms with Crippen LogP contribution in [0.2, 0.25) is 0 Å². The molecule has 90 valence electrons. The molecule has 0 atom stereocenters. The maximum absolute atomic E-state index is 4.18. The van der Waals surface area contributed by atoms with Gasteiger partial charge in [-0.05, 0) is 24.6 Å². The van der Waals surface area contributed by atoms with Gasteiger partial charge in [0.05, 0.1) is 18.6 Å². The van der Waals surface area contributed by atoms with Crippen molar-refractivity contribution in [1.82, 2.24) is 9.55 Å². The Hall–Kier alpha value is -1.29. The largest absolute Gasteiger partial charge is 0.379 e. The van der Waals surface area contributed by atoms with E-state index in [0.29, 0.717) is 0 Å². The Kier molecular flexibility index (Phi) is 4.20. The number of aryl methyl sites for hydroxylation is 1. The molecule has 0 spiro atoms. The summed E-state index contributed by atoms with van der Waals surface area (Å²) in [5.74, 6) is 0. The van der Waals surface area contributed by atoms with Crippen LogP contribution in [0.15, 0.2) is 41.3 Å². The highest BCUT2D eigenvalue weighted by Gasteiger charge is 2.01. The van der Waals surface area contributed by atoms with E-state index in [2.05, 4.69) is 49.9 Å². The second-order valence-electron chi connectivity index (χ2n) is 3.94. The van der Waals surface area contributed by atoms with E-state index < -0.39 is 0 Å². The number of anilines is 1. The lowest BCUT2D eigenvalue weighted by Crippen LogP contribution is -2.06. The molecule has 2 aromatic rings. The zero-order valence-corrected chi connectivity index (χ0v) is 11.4. The summed E-state index contributed by atoms with van der Waals surface area (Å²) in [4.78, 5) is 4.18. The van der Waals surface area contributed by atoms with Crippen LogP contribution < -0.4 is 5.32 Å². The predicted octanol–water partition coefficient (Wildman–Crippen LogP) is 3.67. The standard InChI is InChI=1S/C13H16BrN3/c1-2-6-17-10-15-8-13(17)9-16-12-5-3-4-11(14)7-12/h3-5,7-8,10,16H,2,6,9H2,1H3. The second kappa shape index (κ2) is 5.87. The fraction of sp³-hybridized carbons (Fsp3) is 0.308. The number of aromatic nitrogens is 2. The highest BCUT2D eigenvalue weighted by atomic mass is 79.9. The fourth-order valence-corrected chi connectivity index (χ4v) is 2.13. The van der Waals surface area contributed by atoms with Gasteiger partial charge in [0.25, 0.3) is 0 Å². The highest BCUT2D eigenvalue weighted by Crippen LogP contribution is 2.16. The number of nitrogens with one attached hydrogen (secondary N) is 1. The van der Waals surface area contributed by atoms with E-state index in [1.807, 2.05) is 24.7 Å². The molecular formula is C13H16BrN3. The van der Waals surface area contributed by atoms with Crippen molar-refractivity contribution in [3.05, 3.63) is 47.0 Å². The lowest BCUT2D eigenvalue weighted by atomic mass is 10.3. The number of benzene rings is 1. The summed E-state index contributed by atoms with van der Waals surface area (Å²) in [6.45, 7) is 4.00. The van der Waals surface area contributed by atoms with Gasteiger partial charge in [0.15, 0.2) is 0 Å². The maximum atomic E-state index is 4.18. The van der Waals surface area contributed by atoms with Crippen molar-refractivity contribution in [2.75, 3.05) is 5.32 Å². The van der Waals surface area contributed by atoms with Gasteiger partial charge in [-0.1, -0.05) is 28.9 Å². The molecule has 4 heteroatoms. The van der Waals surface area contributed by atoms with Crippen LogP contribution in [0.3, 0.4) is 0 Å². The normalized spacial score (nSPS) is 10.5. The van der Waals surface area contributed by atoms with Gasteiger partial charge >= 0.3 is 0 Å². The molecule has 3 nitrogen and oxygen atoms in total. The van der Waals surface area contributed by atoms with Crippen molar-refractivity contribution in [2.24, 2.45) is 0 Å². The van der Waals surface area contributed by atoms with E-state index in [4.69, 9.17) is 0 Å². The van der Waals surface area contributed by atoms with Gasteiger partial charge in [-0.3, -0.25) is 0 Å². The minimum absolute atomic E-state index is 0.802. The second-order valence-corrected chi connectivity index (χ2v) is 4.86. The lowest BCUT2D eigenvalue weighted by Gasteiger charge is -2.09. The monoisotopic (exact) mass is 293 g/mol. The van der Waals surface area contributed by atoms with Crippen molar-refractivity contribution in [2.45, 2.75) is 26.4 Å². The third-order valence-corrected chi connectivity index (χ3v) is 3.05. The van der Waals surface area contributed by atoms with Crippen LogP contribution in [-0.4, -0.2) is 9.55 Å². The van der Waals surface area contributed by atoms with Gasteiger partial charge in [0, 0.05) is 22.9 Å². The molecule has 1 aromatic heterocycles. The van der Waals surface area contributed by atoms with Gasteiger partial charge in [0.1, 0.15) is 0 Å². The molecule has 1 heterocycles. The number of halogens is 1. The number of rotatable bonds is 5. The van der Waals surface area contributed by atoms with Crippen molar-refractivity contribution in [1.29, 1.82) is 0 Å². The van der Waals surface area contributed by atoms with E-state index >= 15 is 0 Å². The summed E-state index contributed by atoms with van der Waals surface area (Å²) in [6.07, 6.45) is 4.93. The minimum atomic E-state index is 0.802. The molecule has 1 aromatic carbocycles. The summed E-state index contributed by atoms with van der Waals surface area (Å²) in [7, 11) is 0. The van der Waals surface area contributed by atoms with E-state index in [1.165, 1.54) is 5.69 Å². The van der Waals surface area contributed by atoms with Crippen molar-refractivity contribution in [3.8, 4) is 0 Å². The SMILES string of the molecule is CCCn1cncc1CNc1cccc(Br)c1. The number of hydrogen-bond donors (Lipinski definition) is 1.